The van der Waals surface area contributed by atoms with Crippen LogP contribution in [0.5, 0.6) is 0 Å². The third-order valence-electron chi connectivity index (χ3n) is 2.49. The number of nitrogens with two attached hydrogens (primary N) is 1. The van der Waals surface area contributed by atoms with E-state index in [0.717, 1.165) is 6.07 Å². The second-order valence-electron chi connectivity index (χ2n) is 5.56. The first kappa shape index (κ1) is 17.7. The van der Waals surface area contributed by atoms with Crippen molar-refractivity contribution in [1.82, 2.24) is 0 Å². The van der Waals surface area contributed by atoms with Gasteiger partial charge in [0.25, 0.3) is 5.92 Å². The molecule has 0 bridgehead atoms. The van der Waals surface area contributed by atoms with Crippen molar-refractivity contribution in [1.29, 1.82) is 0 Å². The number of amides is 1. The first-order chi connectivity index (χ1) is 9.55. The number of hydrogen-bond acceptors (Lipinski definition) is 3. The van der Waals surface area contributed by atoms with Crippen LogP contribution in [0, 0.1) is 0 Å². The molecule has 1 rings (SSSR count). The van der Waals surface area contributed by atoms with E-state index in [1.165, 1.54) is 12.1 Å². The zero-order valence-corrected chi connectivity index (χ0v) is 12.9. The van der Waals surface area contributed by atoms with Gasteiger partial charge < -0.3 is 10.5 Å². The van der Waals surface area contributed by atoms with Crippen LogP contribution in [0.2, 0.25) is 5.02 Å². The molecule has 0 spiro atoms. The molecule has 0 fully saturated rings. The number of anilines is 1. The largest absolute Gasteiger partial charge is 0.444 e. The highest BCUT2D eigenvalue weighted by atomic mass is 35.5. The number of rotatable bonds is 4. The highest BCUT2D eigenvalue weighted by Crippen LogP contribution is 2.35. The maximum absolute atomic E-state index is 13.7. The Balaban J connectivity index is 2.86. The molecule has 1 aromatic rings. The first-order valence-electron chi connectivity index (χ1n) is 6.43. The van der Waals surface area contributed by atoms with Gasteiger partial charge in [-0.2, -0.15) is 0 Å². The topological polar surface area (TPSA) is 64.3 Å². The number of halogens is 3. The van der Waals surface area contributed by atoms with E-state index in [9.17, 15) is 13.6 Å². The Morgan fingerprint density at radius 3 is 2.48 bits per heavy atom. The number of ether oxygens (including phenoxy) is 1. The van der Waals surface area contributed by atoms with Crippen LogP contribution in [0.3, 0.4) is 0 Å². The van der Waals surface area contributed by atoms with Gasteiger partial charge >= 0.3 is 6.09 Å². The highest BCUT2D eigenvalue weighted by Gasteiger charge is 2.31. The molecule has 7 heteroatoms. The van der Waals surface area contributed by atoms with E-state index in [4.69, 9.17) is 22.1 Å². The third kappa shape index (κ3) is 5.47. The Bertz CT molecular complexity index is 516. The predicted octanol–water partition coefficient (Wildman–Crippen LogP) is 4.13. The summed E-state index contributed by atoms with van der Waals surface area (Å²) in [4.78, 5) is 11.6. The van der Waals surface area contributed by atoms with Gasteiger partial charge in [0, 0.05) is 12.0 Å². The fraction of sp³-hybridized carbons (Fsp3) is 0.500. The van der Waals surface area contributed by atoms with Gasteiger partial charge in [0.05, 0.1) is 10.7 Å². The highest BCUT2D eigenvalue weighted by molar-refractivity contribution is 6.33. The molecule has 4 nitrogen and oxygen atoms in total. The molecule has 0 saturated carbocycles. The zero-order chi connectivity index (χ0) is 16.3. The molecule has 0 aliphatic carbocycles. The SMILES string of the molecule is CC(C)(C)OC(=O)Nc1ccc(C(F)(F)CCN)cc1Cl. The molecule has 0 heterocycles. The average Bonchev–Trinajstić information content (AvgIpc) is 2.29. The Morgan fingerprint density at radius 1 is 1.38 bits per heavy atom. The molecule has 3 N–H and O–H groups in total. The van der Waals surface area contributed by atoms with Crippen molar-refractivity contribution in [2.24, 2.45) is 5.73 Å². The Morgan fingerprint density at radius 2 is 2.00 bits per heavy atom. The molecular weight excluding hydrogens is 302 g/mol. The minimum Gasteiger partial charge on any atom is -0.444 e. The average molecular weight is 321 g/mol. The third-order valence-corrected chi connectivity index (χ3v) is 2.80. The molecule has 0 aliphatic rings. The van der Waals surface area contributed by atoms with Crippen LogP contribution in [0.15, 0.2) is 18.2 Å². The summed E-state index contributed by atoms with van der Waals surface area (Å²) >= 11 is 5.92. The van der Waals surface area contributed by atoms with Crippen LogP contribution in [-0.4, -0.2) is 18.2 Å². The molecule has 21 heavy (non-hydrogen) atoms. The van der Waals surface area contributed by atoms with Gasteiger partial charge in [-0.05, 0) is 39.4 Å². The summed E-state index contributed by atoms with van der Waals surface area (Å²) in [5.74, 6) is -3.05. The van der Waals surface area contributed by atoms with Crippen molar-refractivity contribution in [2.45, 2.75) is 38.7 Å². The Labute approximate surface area is 127 Å². The lowest BCUT2D eigenvalue weighted by Gasteiger charge is -2.20. The Kier molecular flexibility index (Phi) is 5.53. The monoisotopic (exact) mass is 320 g/mol. The van der Waals surface area contributed by atoms with Crippen LogP contribution >= 0.6 is 11.6 Å². The van der Waals surface area contributed by atoms with Gasteiger partial charge in [0.2, 0.25) is 0 Å². The van der Waals surface area contributed by atoms with Crippen molar-refractivity contribution in [2.75, 3.05) is 11.9 Å². The summed E-state index contributed by atoms with van der Waals surface area (Å²) in [6.45, 7) is 5.00. The number of hydrogen-bond donors (Lipinski definition) is 2. The second kappa shape index (κ2) is 6.58. The van der Waals surface area contributed by atoms with Crippen molar-refractivity contribution < 1.29 is 18.3 Å². The van der Waals surface area contributed by atoms with E-state index in [2.05, 4.69) is 5.32 Å². The minimum atomic E-state index is -3.05. The minimum absolute atomic E-state index is 0.00931. The number of carbonyl (C=O) groups excluding carboxylic acids is 1. The van der Waals surface area contributed by atoms with Gasteiger partial charge in [0.1, 0.15) is 5.60 Å². The standard InChI is InChI=1S/C14H19ClF2N2O2/c1-13(2,3)21-12(20)19-11-5-4-9(8-10(11)15)14(16,17)6-7-18/h4-5,8H,6-7,18H2,1-3H3,(H,19,20). The van der Waals surface area contributed by atoms with E-state index < -0.39 is 24.0 Å². The van der Waals surface area contributed by atoms with Crippen molar-refractivity contribution in [3.8, 4) is 0 Å². The molecule has 0 atom stereocenters. The summed E-state index contributed by atoms with van der Waals surface area (Å²) in [6, 6.07) is 3.63. The van der Waals surface area contributed by atoms with E-state index in [1.54, 1.807) is 20.8 Å². The van der Waals surface area contributed by atoms with Crippen LogP contribution in [0.4, 0.5) is 19.3 Å². The molecule has 0 aliphatic heterocycles. The number of nitrogens with one attached hydrogen (secondary N) is 1. The molecule has 0 aromatic heterocycles. The molecule has 1 aromatic carbocycles. The molecule has 0 radical (unpaired) electrons. The quantitative estimate of drug-likeness (QED) is 0.876. The molecule has 118 valence electrons. The van der Waals surface area contributed by atoms with Crippen molar-refractivity contribution >= 4 is 23.4 Å². The molecule has 0 saturated heterocycles. The lowest BCUT2D eigenvalue weighted by atomic mass is 10.1. The van der Waals surface area contributed by atoms with Crippen molar-refractivity contribution in [3.05, 3.63) is 28.8 Å². The molecular formula is C14H19ClF2N2O2. The van der Waals surface area contributed by atoms with E-state index in [1.807, 2.05) is 0 Å². The number of alkyl halides is 2. The van der Waals surface area contributed by atoms with Crippen LogP contribution in [0.1, 0.15) is 32.8 Å². The zero-order valence-electron chi connectivity index (χ0n) is 12.2. The molecule has 1 amide bonds. The van der Waals surface area contributed by atoms with Crippen LogP contribution in [0.25, 0.3) is 0 Å². The fourth-order valence-electron chi connectivity index (χ4n) is 1.58. The molecule has 0 unspecified atom stereocenters. The maximum Gasteiger partial charge on any atom is 0.412 e. The smallest absolute Gasteiger partial charge is 0.412 e. The van der Waals surface area contributed by atoms with E-state index in [-0.39, 0.29) is 22.8 Å². The summed E-state index contributed by atoms with van der Waals surface area (Å²) in [5.41, 5.74) is 4.46. The predicted molar refractivity (Wildman–Crippen MR) is 78.9 cm³/mol. The number of carbonyl (C=O) groups is 1. The Hall–Kier alpha value is -1.40. The van der Waals surface area contributed by atoms with Gasteiger partial charge in [-0.3, -0.25) is 5.32 Å². The summed E-state index contributed by atoms with van der Waals surface area (Å²) in [5, 5.41) is 2.42. The van der Waals surface area contributed by atoms with E-state index in [0.29, 0.717) is 0 Å². The second-order valence-corrected chi connectivity index (χ2v) is 5.97. The van der Waals surface area contributed by atoms with Gasteiger partial charge in [-0.15, -0.1) is 0 Å². The lowest BCUT2D eigenvalue weighted by molar-refractivity contribution is -0.0107. The van der Waals surface area contributed by atoms with Crippen molar-refractivity contribution in [3.63, 3.8) is 0 Å². The van der Waals surface area contributed by atoms with Crippen LogP contribution < -0.4 is 11.1 Å². The number of benzene rings is 1. The van der Waals surface area contributed by atoms with Crippen LogP contribution in [-0.2, 0) is 10.7 Å². The van der Waals surface area contributed by atoms with Gasteiger partial charge in [-0.1, -0.05) is 17.7 Å². The summed E-state index contributed by atoms with van der Waals surface area (Å²) in [6.07, 6.45) is -1.17. The lowest BCUT2D eigenvalue weighted by Crippen LogP contribution is -2.27. The van der Waals surface area contributed by atoms with Gasteiger partial charge in [-0.25, -0.2) is 13.6 Å². The summed E-state index contributed by atoms with van der Waals surface area (Å²) < 4.78 is 32.5. The first-order valence-corrected chi connectivity index (χ1v) is 6.81. The maximum atomic E-state index is 13.7. The summed E-state index contributed by atoms with van der Waals surface area (Å²) in [7, 11) is 0. The normalized spacial score (nSPS) is 12.1. The van der Waals surface area contributed by atoms with Gasteiger partial charge in [0.15, 0.2) is 0 Å². The van der Waals surface area contributed by atoms with E-state index >= 15 is 0 Å². The fourth-order valence-corrected chi connectivity index (χ4v) is 1.81.